The van der Waals surface area contributed by atoms with Crippen LogP contribution in [-0.2, 0) is 24.2 Å². The second kappa shape index (κ2) is 6.59. The van der Waals surface area contributed by atoms with Gasteiger partial charge in [-0.3, -0.25) is 9.02 Å². The van der Waals surface area contributed by atoms with Crippen LogP contribution in [0, 0.1) is 0 Å². The Hall–Kier alpha value is -0.960. The lowest BCUT2D eigenvalue weighted by Crippen LogP contribution is -2.37. The third kappa shape index (κ3) is 15.5. The monoisotopic (exact) mass is 255 g/mol. The van der Waals surface area contributed by atoms with Crippen molar-refractivity contribution in [3.8, 4) is 0 Å². The Morgan fingerprint density at radius 1 is 1.31 bits per heavy atom. The molecule has 0 aliphatic carbocycles. The molecule has 7 nitrogen and oxygen atoms in total. The molecule has 0 amide bonds. The van der Waals surface area contributed by atoms with Crippen molar-refractivity contribution in [2.75, 3.05) is 28.3 Å². The highest BCUT2D eigenvalue weighted by Gasteiger charge is 2.15. The maximum Gasteiger partial charge on any atom is 0.392 e. The van der Waals surface area contributed by atoms with Crippen LogP contribution in [0.15, 0.2) is 12.2 Å². The Balaban J connectivity index is 0. The molecule has 0 bridgehead atoms. The van der Waals surface area contributed by atoms with Crippen LogP contribution in [0.4, 0.5) is 0 Å². The molecule has 0 aliphatic heterocycles. The van der Waals surface area contributed by atoms with Crippen molar-refractivity contribution in [2.45, 2.75) is 6.92 Å². The van der Waals surface area contributed by atoms with E-state index in [0.29, 0.717) is 5.57 Å². The molecule has 0 spiro atoms. The number of hydrogen-bond donors (Lipinski definition) is 0. The zero-order valence-electron chi connectivity index (χ0n) is 10.0. The van der Waals surface area contributed by atoms with E-state index >= 15 is 0 Å². The SMILES string of the molecule is C=C(C)C(=O)O[N+](C)(C)C.COS(=O)(=O)[O-]. The Bertz CT molecular complexity index is 340. The standard InChI is InChI=1S/C7H14NO2.CH4O4S/c1-6(2)7(9)10-8(3,4)5;1-5-6(2,3)4/h1H2,2-5H3;1H3,(H,2,3,4)/q+1;/p-1. The van der Waals surface area contributed by atoms with Gasteiger partial charge in [-0.1, -0.05) is 6.58 Å². The third-order valence-corrected chi connectivity index (χ3v) is 1.32. The van der Waals surface area contributed by atoms with Crippen LogP contribution in [0.2, 0.25) is 0 Å². The minimum Gasteiger partial charge on any atom is -0.726 e. The lowest BCUT2D eigenvalue weighted by Gasteiger charge is -2.19. The molecule has 0 saturated carbocycles. The second-order valence-electron chi connectivity index (χ2n) is 3.62. The maximum atomic E-state index is 10.8. The quantitative estimate of drug-likeness (QED) is 0.228. The van der Waals surface area contributed by atoms with Crippen LogP contribution < -0.4 is 0 Å². The lowest BCUT2D eigenvalue weighted by atomic mass is 10.4. The lowest BCUT2D eigenvalue weighted by molar-refractivity contribution is -1.04. The van der Waals surface area contributed by atoms with Crippen molar-refractivity contribution in [3.63, 3.8) is 0 Å². The van der Waals surface area contributed by atoms with Gasteiger partial charge in [0.1, 0.15) is 21.1 Å². The van der Waals surface area contributed by atoms with Crippen LogP contribution in [0.1, 0.15) is 6.92 Å². The number of carbonyl (C=O) groups excluding carboxylic acids is 1. The molecule has 0 fully saturated rings. The summed E-state index contributed by atoms with van der Waals surface area (Å²) < 4.78 is 31.2. The zero-order valence-corrected chi connectivity index (χ0v) is 10.8. The number of hydrogen-bond acceptors (Lipinski definition) is 6. The Kier molecular flexibility index (Phi) is 7.18. The van der Waals surface area contributed by atoms with Gasteiger partial charge in [0.25, 0.3) is 0 Å². The number of rotatable bonds is 3. The van der Waals surface area contributed by atoms with Crippen LogP contribution >= 0.6 is 0 Å². The third-order valence-electron chi connectivity index (χ3n) is 0.909. The van der Waals surface area contributed by atoms with Crippen LogP contribution in [0.25, 0.3) is 0 Å². The fourth-order valence-electron chi connectivity index (χ4n) is 0.327. The minimum absolute atomic E-state index is 0.172. The normalized spacial score (nSPS) is 11.1. The van der Waals surface area contributed by atoms with E-state index in [1.54, 1.807) is 28.1 Å². The molecule has 0 saturated heterocycles. The van der Waals surface area contributed by atoms with Gasteiger partial charge in [0.2, 0.25) is 10.4 Å². The largest absolute Gasteiger partial charge is 0.726 e. The molecule has 0 aromatic heterocycles. The molecule has 0 atom stereocenters. The summed E-state index contributed by atoms with van der Waals surface area (Å²) >= 11 is 0. The number of quaternary nitrogens is 1. The van der Waals surface area contributed by atoms with Crippen molar-refractivity contribution in [1.29, 1.82) is 0 Å². The summed E-state index contributed by atoms with van der Waals surface area (Å²) in [5.74, 6) is -0.354. The van der Waals surface area contributed by atoms with Gasteiger partial charge in [-0.15, -0.1) is 4.65 Å². The molecular weight excluding hydrogens is 238 g/mol. The topological polar surface area (TPSA) is 92.7 Å². The van der Waals surface area contributed by atoms with Crippen molar-refractivity contribution in [1.82, 2.24) is 0 Å². The van der Waals surface area contributed by atoms with E-state index < -0.39 is 10.4 Å². The van der Waals surface area contributed by atoms with Crippen molar-refractivity contribution < 1.29 is 31.4 Å². The summed E-state index contributed by atoms with van der Waals surface area (Å²) in [5, 5.41) is 0. The summed E-state index contributed by atoms with van der Waals surface area (Å²) in [5.41, 5.74) is 0.424. The van der Waals surface area contributed by atoms with Gasteiger partial charge >= 0.3 is 5.97 Å². The van der Waals surface area contributed by atoms with Crippen molar-refractivity contribution in [3.05, 3.63) is 12.2 Å². The first kappa shape index (κ1) is 17.4. The van der Waals surface area contributed by atoms with Crippen LogP contribution in [-0.4, -0.2) is 51.8 Å². The van der Waals surface area contributed by atoms with Gasteiger partial charge in [0.05, 0.1) is 7.11 Å². The summed E-state index contributed by atoms with van der Waals surface area (Å²) in [4.78, 5) is 15.7. The molecule has 8 heteroatoms. The molecule has 0 rings (SSSR count). The summed E-state index contributed by atoms with van der Waals surface area (Å²) in [6.07, 6.45) is 0. The fourth-order valence-corrected chi connectivity index (χ4v) is 0.327. The molecule has 0 N–H and O–H groups in total. The van der Waals surface area contributed by atoms with Crippen molar-refractivity contribution in [2.24, 2.45) is 0 Å². The maximum absolute atomic E-state index is 10.8. The second-order valence-corrected chi connectivity index (χ2v) is 4.77. The molecular formula is C8H17NO6S. The van der Waals surface area contributed by atoms with Gasteiger partial charge < -0.3 is 4.55 Å². The molecule has 0 aromatic carbocycles. The average Bonchev–Trinajstić information content (AvgIpc) is 2.00. The van der Waals surface area contributed by atoms with Gasteiger partial charge in [-0.25, -0.2) is 13.2 Å². The summed E-state index contributed by atoms with van der Waals surface area (Å²) in [6.45, 7) is 5.08. The summed E-state index contributed by atoms with van der Waals surface area (Å²) in [6, 6.07) is 0. The molecule has 0 unspecified atom stereocenters. The predicted octanol–water partition coefficient (Wildman–Crippen LogP) is -0.180. The van der Waals surface area contributed by atoms with E-state index in [1.165, 1.54) is 0 Å². The smallest absolute Gasteiger partial charge is 0.392 e. The number of carbonyl (C=O) groups is 1. The van der Waals surface area contributed by atoms with E-state index in [4.69, 9.17) is 4.84 Å². The molecule has 16 heavy (non-hydrogen) atoms. The molecule has 0 radical (unpaired) electrons. The van der Waals surface area contributed by atoms with E-state index in [-0.39, 0.29) is 10.6 Å². The van der Waals surface area contributed by atoms with E-state index in [9.17, 15) is 17.8 Å². The van der Waals surface area contributed by atoms with E-state index in [2.05, 4.69) is 10.8 Å². The van der Waals surface area contributed by atoms with Gasteiger partial charge in [-0.05, 0) is 6.92 Å². The fraction of sp³-hybridized carbons (Fsp3) is 0.625. The first-order valence-corrected chi connectivity index (χ1v) is 5.44. The Morgan fingerprint density at radius 3 is 1.69 bits per heavy atom. The molecule has 96 valence electrons. The average molecular weight is 255 g/mol. The van der Waals surface area contributed by atoms with Crippen molar-refractivity contribution >= 4 is 16.4 Å². The van der Waals surface area contributed by atoms with Gasteiger partial charge in [-0.2, -0.15) is 0 Å². The zero-order chi connectivity index (χ0) is 13.6. The van der Waals surface area contributed by atoms with Gasteiger partial charge in [0, 0.05) is 5.57 Å². The predicted molar refractivity (Wildman–Crippen MR) is 55.6 cm³/mol. The molecule has 0 aromatic rings. The highest BCUT2D eigenvalue weighted by atomic mass is 32.3. The Labute approximate surface area is 95.8 Å². The first-order valence-electron chi connectivity index (χ1n) is 4.11. The minimum atomic E-state index is -4.41. The highest BCUT2D eigenvalue weighted by Crippen LogP contribution is 1.98. The van der Waals surface area contributed by atoms with Crippen LogP contribution in [0.3, 0.4) is 0 Å². The van der Waals surface area contributed by atoms with Gasteiger partial charge in [0.15, 0.2) is 0 Å². The van der Waals surface area contributed by atoms with E-state index in [0.717, 1.165) is 7.11 Å². The number of nitrogens with zero attached hydrogens (tertiary/aromatic N) is 1. The Morgan fingerprint density at radius 2 is 1.62 bits per heavy atom. The number of hydroxylamine groups is 3. The summed E-state index contributed by atoms with van der Waals surface area (Å²) in [7, 11) is 1.69. The molecule has 0 aliphatic rings. The van der Waals surface area contributed by atoms with Crippen LogP contribution in [0.5, 0.6) is 0 Å². The highest BCUT2D eigenvalue weighted by molar-refractivity contribution is 7.80. The molecule has 0 heterocycles. The van der Waals surface area contributed by atoms with E-state index in [1.807, 2.05) is 0 Å². The first-order chi connectivity index (χ1) is 6.89.